The average Bonchev–Trinajstić information content (AvgIpc) is 3.02. The molecule has 1 N–H and O–H groups in total. The number of non-ortho nitro benzene ring substituents is 1. The molecule has 10 heteroatoms. The number of pyridine rings is 1. The van der Waals surface area contributed by atoms with E-state index in [0.717, 1.165) is 30.4 Å². The molecule has 0 aliphatic rings. The van der Waals surface area contributed by atoms with Gasteiger partial charge in [-0.3, -0.25) is 10.1 Å². The van der Waals surface area contributed by atoms with Crippen molar-refractivity contribution < 1.29 is 9.66 Å². The van der Waals surface area contributed by atoms with Gasteiger partial charge in [-0.2, -0.15) is 0 Å². The maximum Gasteiger partial charge on any atom is 0.273 e. The lowest BCUT2D eigenvalue weighted by atomic mass is 10.2. The predicted molar refractivity (Wildman–Crippen MR) is 109 cm³/mol. The van der Waals surface area contributed by atoms with Gasteiger partial charge in [-0.15, -0.1) is 5.10 Å². The summed E-state index contributed by atoms with van der Waals surface area (Å²) in [6, 6.07) is 6.09. The summed E-state index contributed by atoms with van der Waals surface area (Å²) >= 11 is 6.09. The largest absolute Gasteiger partial charge is 0.494 e. The molecule has 3 aromatic rings. The van der Waals surface area contributed by atoms with Crippen LogP contribution >= 0.6 is 11.6 Å². The van der Waals surface area contributed by atoms with E-state index in [0.29, 0.717) is 22.4 Å². The van der Waals surface area contributed by atoms with E-state index < -0.39 is 4.92 Å². The van der Waals surface area contributed by atoms with Crippen LogP contribution in [-0.4, -0.2) is 58.9 Å². The molecule has 0 fully saturated rings. The molecule has 9 nitrogen and oxygen atoms in total. The first kappa shape index (κ1) is 19.8. The van der Waals surface area contributed by atoms with E-state index in [1.165, 1.54) is 19.2 Å². The summed E-state index contributed by atoms with van der Waals surface area (Å²) in [4.78, 5) is 16.9. The van der Waals surface area contributed by atoms with E-state index in [-0.39, 0.29) is 5.69 Å². The van der Waals surface area contributed by atoms with Gasteiger partial charge in [-0.05, 0) is 33.1 Å². The summed E-state index contributed by atoms with van der Waals surface area (Å²) in [6.07, 6.45) is 2.61. The Morgan fingerprint density at radius 1 is 1.36 bits per heavy atom. The number of hydrogen-bond donors (Lipinski definition) is 1. The number of fused-ring (bicyclic) bond motifs is 1. The van der Waals surface area contributed by atoms with E-state index >= 15 is 0 Å². The van der Waals surface area contributed by atoms with Gasteiger partial charge in [-0.25, -0.2) is 9.67 Å². The highest BCUT2D eigenvalue weighted by Crippen LogP contribution is 2.33. The highest BCUT2D eigenvalue weighted by atomic mass is 35.5. The van der Waals surface area contributed by atoms with Gasteiger partial charge in [0.15, 0.2) is 11.6 Å². The van der Waals surface area contributed by atoms with Crippen LogP contribution in [0.5, 0.6) is 5.75 Å². The van der Waals surface area contributed by atoms with Crippen LogP contribution < -0.4 is 10.1 Å². The zero-order chi connectivity index (χ0) is 20.3. The zero-order valence-corrected chi connectivity index (χ0v) is 16.6. The normalized spacial score (nSPS) is 11.2. The van der Waals surface area contributed by atoms with Crippen molar-refractivity contribution in [2.45, 2.75) is 6.42 Å². The van der Waals surface area contributed by atoms with Gasteiger partial charge in [0, 0.05) is 24.9 Å². The summed E-state index contributed by atoms with van der Waals surface area (Å²) < 4.78 is 7.02. The Kier molecular flexibility index (Phi) is 5.96. The van der Waals surface area contributed by atoms with Crippen LogP contribution in [-0.2, 0) is 0 Å². The van der Waals surface area contributed by atoms with Crippen LogP contribution in [0.3, 0.4) is 0 Å². The lowest BCUT2D eigenvalue weighted by Crippen LogP contribution is -2.16. The van der Waals surface area contributed by atoms with Crippen molar-refractivity contribution in [3.8, 4) is 11.4 Å². The Labute approximate surface area is 167 Å². The molecular weight excluding hydrogens is 384 g/mol. The number of benzene rings is 1. The van der Waals surface area contributed by atoms with Crippen LogP contribution in [0, 0.1) is 10.1 Å². The second-order valence-corrected chi connectivity index (χ2v) is 6.87. The third-order valence-corrected chi connectivity index (χ3v) is 4.42. The molecule has 3 rings (SSSR count). The van der Waals surface area contributed by atoms with Crippen LogP contribution in [0.15, 0.2) is 30.5 Å². The quantitative estimate of drug-likeness (QED) is 0.266. The average molecular weight is 405 g/mol. The first-order valence-corrected chi connectivity index (χ1v) is 9.04. The number of hydrogen-bond acceptors (Lipinski definition) is 7. The molecule has 0 atom stereocenters. The van der Waals surface area contributed by atoms with Crippen molar-refractivity contribution in [1.29, 1.82) is 0 Å². The molecule has 0 amide bonds. The minimum absolute atomic E-state index is 0.0567. The van der Waals surface area contributed by atoms with E-state index in [1.54, 1.807) is 23.0 Å². The fraction of sp³-hybridized carbons (Fsp3) is 0.333. The highest BCUT2D eigenvalue weighted by Gasteiger charge is 2.18. The molecule has 28 heavy (non-hydrogen) atoms. The topological polar surface area (TPSA) is 98.3 Å². The molecular formula is C18H21ClN6O3. The van der Waals surface area contributed by atoms with Gasteiger partial charge >= 0.3 is 0 Å². The van der Waals surface area contributed by atoms with E-state index in [9.17, 15) is 10.1 Å². The molecule has 0 saturated carbocycles. The molecule has 0 unspecified atom stereocenters. The van der Waals surface area contributed by atoms with Crippen LogP contribution in [0.1, 0.15) is 6.42 Å². The Hall–Kier alpha value is -2.91. The predicted octanol–water partition coefficient (Wildman–Crippen LogP) is 3.35. The first-order chi connectivity index (χ1) is 13.4. The molecule has 0 saturated heterocycles. The van der Waals surface area contributed by atoms with Gasteiger partial charge in [0.2, 0.25) is 0 Å². The van der Waals surface area contributed by atoms with Gasteiger partial charge in [-0.1, -0.05) is 11.6 Å². The molecule has 0 aliphatic heterocycles. The lowest BCUT2D eigenvalue weighted by Gasteiger charge is -2.10. The zero-order valence-electron chi connectivity index (χ0n) is 15.8. The fourth-order valence-electron chi connectivity index (χ4n) is 2.86. The molecule has 0 radical (unpaired) electrons. The second kappa shape index (κ2) is 8.41. The number of rotatable bonds is 8. The van der Waals surface area contributed by atoms with Crippen LogP contribution in [0.2, 0.25) is 5.15 Å². The van der Waals surface area contributed by atoms with Crippen LogP contribution in [0.4, 0.5) is 11.5 Å². The standard InChI is InChI=1S/C18H21ClN6O3/c1-23(2)8-4-7-20-18-13-11-21-17(19)10-15(13)24(22-18)14-6-5-12(25(26)27)9-16(14)28-3/h5-6,9-11H,4,7-8H2,1-3H3,(H,20,22). The number of anilines is 1. The summed E-state index contributed by atoms with van der Waals surface area (Å²) in [5.74, 6) is 1.00. The number of nitro groups is 1. The number of methoxy groups -OCH3 is 1. The Morgan fingerprint density at radius 2 is 2.14 bits per heavy atom. The molecule has 0 aliphatic carbocycles. The lowest BCUT2D eigenvalue weighted by molar-refractivity contribution is -0.384. The highest BCUT2D eigenvalue weighted by molar-refractivity contribution is 6.30. The number of ether oxygens (including phenoxy) is 1. The number of halogens is 1. The first-order valence-electron chi connectivity index (χ1n) is 8.66. The minimum Gasteiger partial charge on any atom is -0.494 e. The van der Waals surface area contributed by atoms with Gasteiger partial charge in [0.25, 0.3) is 5.69 Å². The fourth-order valence-corrected chi connectivity index (χ4v) is 3.01. The Morgan fingerprint density at radius 3 is 2.82 bits per heavy atom. The van der Waals surface area contributed by atoms with Crippen molar-refractivity contribution in [2.75, 3.05) is 39.6 Å². The summed E-state index contributed by atoms with van der Waals surface area (Å²) in [5, 5.41) is 20.2. The summed E-state index contributed by atoms with van der Waals surface area (Å²) in [5.41, 5.74) is 1.24. The van der Waals surface area contributed by atoms with Crippen molar-refractivity contribution in [3.05, 3.63) is 45.7 Å². The SMILES string of the molecule is COc1cc([N+](=O)[O-])ccc1-n1nc(NCCCN(C)C)c2cnc(Cl)cc21. The number of nitro benzene ring substituents is 1. The van der Waals surface area contributed by atoms with Gasteiger partial charge in [0.1, 0.15) is 10.8 Å². The summed E-state index contributed by atoms with van der Waals surface area (Å²) in [6.45, 7) is 1.69. The third-order valence-electron chi connectivity index (χ3n) is 4.21. The Balaban J connectivity index is 2.03. The minimum atomic E-state index is -0.466. The summed E-state index contributed by atoms with van der Waals surface area (Å²) in [7, 11) is 5.51. The van der Waals surface area contributed by atoms with Crippen molar-refractivity contribution in [3.63, 3.8) is 0 Å². The molecule has 2 heterocycles. The number of nitrogens with one attached hydrogen (secondary N) is 1. The van der Waals surface area contributed by atoms with E-state index in [2.05, 4.69) is 20.3 Å². The third kappa shape index (κ3) is 4.15. The molecule has 0 bridgehead atoms. The maximum atomic E-state index is 11.1. The van der Waals surface area contributed by atoms with Crippen molar-refractivity contribution in [2.24, 2.45) is 0 Å². The Bertz CT molecular complexity index is 1000. The van der Waals surface area contributed by atoms with Crippen molar-refractivity contribution >= 4 is 34.0 Å². The van der Waals surface area contributed by atoms with E-state index in [4.69, 9.17) is 16.3 Å². The van der Waals surface area contributed by atoms with Gasteiger partial charge in [0.05, 0.1) is 29.0 Å². The molecule has 0 spiro atoms. The van der Waals surface area contributed by atoms with Crippen LogP contribution in [0.25, 0.3) is 16.6 Å². The maximum absolute atomic E-state index is 11.1. The molecule has 148 valence electrons. The molecule has 1 aromatic carbocycles. The van der Waals surface area contributed by atoms with Crippen molar-refractivity contribution in [1.82, 2.24) is 19.7 Å². The monoisotopic (exact) mass is 404 g/mol. The van der Waals surface area contributed by atoms with Gasteiger partial charge < -0.3 is 15.0 Å². The number of nitrogens with zero attached hydrogens (tertiary/aromatic N) is 5. The van der Waals surface area contributed by atoms with E-state index in [1.807, 2.05) is 14.1 Å². The molecule has 2 aromatic heterocycles. The number of aromatic nitrogens is 3. The smallest absolute Gasteiger partial charge is 0.273 e. The second-order valence-electron chi connectivity index (χ2n) is 6.48.